The smallest absolute Gasteiger partial charge is 0.254 e. The van der Waals surface area contributed by atoms with Gasteiger partial charge in [0, 0.05) is 24.5 Å². The maximum Gasteiger partial charge on any atom is 0.254 e. The van der Waals surface area contributed by atoms with Gasteiger partial charge in [0.1, 0.15) is 11.4 Å². The van der Waals surface area contributed by atoms with E-state index in [1.54, 1.807) is 35.5 Å². The number of likely N-dealkylation sites (tertiary alicyclic amines) is 1. The molecule has 0 unspecified atom stereocenters. The highest BCUT2D eigenvalue weighted by Gasteiger charge is 2.48. The Bertz CT molecular complexity index is 770. The Kier molecular flexibility index (Phi) is 4.55. The van der Waals surface area contributed by atoms with Gasteiger partial charge < -0.3 is 15.0 Å². The van der Waals surface area contributed by atoms with Crippen LogP contribution in [0.2, 0.25) is 0 Å². The lowest BCUT2D eigenvalue weighted by Gasteiger charge is -2.52. The zero-order valence-corrected chi connectivity index (χ0v) is 14.4. The number of nitrogens with one attached hydrogen (secondary N) is 1. The Morgan fingerprint density at radius 2 is 2.12 bits per heavy atom. The van der Waals surface area contributed by atoms with Crippen molar-refractivity contribution in [3.8, 4) is 0 Å². The lowest BCUT2D eigenvalue weighted by molar-refractivity contribution is -0.165. The highest BCUT2D eigenvalue weighted by molar-refractivity contribution is 5.94. The van der Waals surface area contributed by atoms with E-state index in [0.717, 1.165) is 19.4 Å². The van der Waals surface area contributed by atoms with Gasteiger partial charge in [0.15, 0.2) is 0 Å². The summed E-state index contributed by atoms with van der Waals surface area (Å²) < 4.78 is 19.4. The summed E-state index contributed by atoms with van der Waals surface area (Å²) in [5, 5.41) is 3.23. The lowest BCUT2D eigenvalue weighted by atomic mass is 9.82. The monoisotopic (exact) mass is 356 g/mol. The Morgan fingerprint density at radius 3 is 2.81 bits per heavy atom. The summed E-state index contributed by atoms with van der Waals surface area (Å²) in [6, 6.07) is 7.61. The molecule has 1 spiro atoms. The number of carbonyl (C=O) groups excluding carboxylic acids is 1. The number of benzene rings is 1. The fourth-order valence-corrected chi connectivity index (χ4v) is 3.55. The van der Waals surface area contributed by atoms with Crippen molar-refractivity contribution in [1.82, 2.24) is 14.9 Å². The molecule has 0 saturated carbocycles. The number of halogens is 1. The van der Waals surface area contributed by atoms with Crippen LogP contribution in [-0.2, 0) is 4.74 Å². The molecule has 2 fully saturated rings. The van der Waals surface area contributed by atoms with Crippen molar-refractivity contribution >= 4 is 11.9 Å². The molecule has 1 amide bonds. The first kappa shape index (κ1) is 16.9. The first-order valence-corrected chi connectivity index (χ1v) is 8.83. The van der Waals surface area contributed by atoms with Gasteiger partial charge in [-0.1, -0.05) is 6.07 Å². The molecule has 2 aliphatic rings. The average Bonchev–Trinajstić information content (AvgIpc) is 2.65. The Hall–Kier alpha value is -2.54. The molecule has 2 aromatic rings. The van der Waals surface area contributed by atoms with E-state index in [0.29, 0.717) is 37.1 Å². The number of nitrogens with zero attached hydrogens (tertiary/aromatic N) is 3. The third-order valence-corrected chi connectivity index (χ3v) is 5.06. The highest BCUT2D eigenvalue weighted by Crippen LogP contribution is 2.36. The van der Waals surface area contributed by atoms with Gasteiger partial charge in [0.25, 0.3) is 5.91 Å². The van der Waals surface area contributed by atoms with Crippen molar-refractivity contribution in [3.05, 3.63) is 54.1 Å². The number of anilines is 1. The summed E-state index contributed by atoms with van der Waals surface area (Å²) in [6.45, 7) is 2.57. The van der Waals surface area contributed by atoms with Crippen LogP contribution < -0.4 is 5.32 Å². The molecule has 2 saturated heterocycles. The largest absolute Gasteiger partial charge is 0.371 e. The van der Waals surface area contributed by atoms with Crippen molar-refractivity contribution < 1.29 is 13.9 Å². The third-order valence-electron chi connectivity index (χ3n) is 5.06. The summed E-state index contributed by atoms with van der Waals surface area (Å²) in [5.41, 5.74) is 0.156. The first-order chi connectivity index (χ1) is 12.6. The van der Waals surface area contributed by atoms with Crippen LogP contribution in [0.5, 0.6) is 0 Å². The Balaban J connectivity index is 1.25. The van der Waals surface area contributed by atoms with Gasteiger partial charge >= 0.3 is 0 Å². The molecule has 0 radical (unpaired) electrons. The molecule has 1 aromatic heterocycles. The Morgan fingerprint density at radius 1 is 1.31 bits per heavy atom. The topological polar surface area (TPSA) is 67.4 Å². The summed E-state index contributed by atoms with van der Waals surface area (Å²) in [4.78, 5) is 22.4. The molecule has 0 aliphatic carbocycles. The van der Waals surface area contributed by atoms with Crippen LogP contribution >= 0.6 is 0 Å². The van der Waals surface area contributed by atoms with Gasteiger partial charge in [-0.05, 0) is 43.0 Å². The molecule has 0 bridgehead atoms. The molecule has 7 heteroatoms. The number of aromatic nitrogens is 2. The maximum absolute atomic E-state index is 13.3. The van der Waals surface area contributed by atoms with Crippen LogP contribution in [-0.4, -0.2) is 52.6 Å². The molecule has 136 valence electrons. The molecule has 1 N–H and O–H groups in total. The second kappa shape index (κ2) is 6.99. The van der Waals surface area contributed by atoms with Crippen LogP contribution in [0.4, 0.5) is 10.3 Å². The molecule has 1 atom stereocenters. The van der Waals surface area contributed by atoms with Crippen molar-refractivity contribution in [2.75, 3.05) is 31.6 Å². The second-order valence-corrected chi connectivity index (χ2v) is 7.02. The number of amides is 1. The van der Waals surface area contributed by atoms with E-state index in [4.69, 9.17) is 4.74 Å². The fraction of sp³-hybridized carbons (Fsp3) is 0.421. The van der Waals surface area contributed by atoms with Crippen molar-refractivity contribution in [3.63, 3.8) is 0 Å². The highest BCUT2D eigenvalue weighted by atomic mass is 19.1. The van der Waals surface area contributed by atoms with Crippen LogP contribution in [0, 0.1) is 11.7 Å². The predicted octanol–water partition coefficient (Wildman–Crippen LogP) is 2.35. The molecular formula is C19H21FN4O2. The standard InChI is InChI=1S/C19H21FN4O2/c20-16-4-1-3-15(9-16)17(25)24-12-19(13-24)6-5-14(11-26-19)10-23-18-21-7-2-8-22-18/h1-4,7-9,14H,5-6,10-13H2,(H,21,22,23)/t14-/m1/s1. The van der Waals surface area contributed by atoms with Gasteiger partial charge in [0.2, 0.25) is 5.95 Å². The second-order valence-electron chi connectivity index (χ2n) is 7.02. The summed E-state index contributed by atoms with van der Waals surface area (Å²) >= 11 is 0. The van der Waals surface area contributed by atoms with Crippen LogP contribution in [0.1, 0.15) is 23.2 Å². The van der Waals surface area contributed by atoms with Crippen molar-refractivity contribution in [2.45, 2.75) is 18.4 Å². The van der Waals surface area contributed by atoms with E-state index in [-0.39, 0.29) is 11.5 Å². The molecule has 3 heterocycles. The van der Waals surface area contributed by atoms with E-state index in [2.05, 4.69) is 15.3 Å². The first-order valence-electron chi connectivity index (χ1n) is 8.83. The van der Waals surface area contributed by atoms with E-state index in [1.165, 1.54) is 12.1 Å². The zero-order chi connectivity index (χ0) is 18.0. The van der Waals surface area contributed by atoms with Gasteiger partial charge in [-0.2, -0.15) is 0 Å². The lowest BCUT2D eigenvalue weighted by Crippen LogP contribution is -2.66. The quantitative estimate of drug-likeness (QED) is 0.911. The van der Waals surface area contributed by atoms with E-state index in [1.807, 2.05) is 0 Å². The minimum Gasteiger partial charge on any atom is -0.371 e. The number of rotatable bonds is 4. The van der Waals surface area contributed by atoms with Crippen LogP contribution in [0.25, 0.3) is 0 Å². The molecule has 6 nitrogen and oxygen atoms in total. The van der Waals surface area contributed by atoms with Crippen molar-refractivity contribution in [1.29, 1.82) is 0 Å². The number of carbonyl (C=O) groups is 1. The van der Waals surface area contributed by atoms with Gasteiger partial charge in [-0.15, -0.1) is 0 Å². The molecule has 26 heavy (non-hydrogen) atoms. The third kappa shape index (κ3) is 3.53. The summed E-state index contributed by atoms with van der Waals surface area (Å²) in [6.07, 6.45) is 5.37. The molecule has 1 aromatic carbocycles. The fourth-order valence-electron chi connectivity index (χ4n) is 3.55. The average molecular weight is 356 g/mol. The molecule has 2 aliphatic heterocycles. The van der Waals surface area contributed by atoms with Gasteiger partial charge in [-0.3, -0.25) is 4.79 Å². The zero-order valence-electron chi connectivity index (χ0n) is 14.4. The predicted molar refractivity (Wildman–Crippen MR) is 94.2 cm³/mol. The van der Waals surface area contributed by atoms with E-state index >= 15 is 0 Å². The Labute approximate surface area is 151 Å². The van der Waals surface area contributed by atoms with Gasteiger partial charge in [0.05, 0.1) is 19.7 Å². The maximum atomic E-state index is 13.3. The minimum atomic E-state index is -0.391. The van der Waals surface area contributed by atoms with E-state index in [9.17, 15) is 9.18 Å². The summed E-state index contributed by atoms with van der Waals surface area (Å²) in [7, 11) is 0. The number of ether oxygens (including phenoxy) is 1. The number of hydrogen-bond acceptors (Lipinski definition) is 5. The number of hydrogen-bond donors (Lipinski definition) is 1. The van der Waals surface area contributed by atoms with Crippen LogP contribution in [0.15, 0.2) is 42.7 Å². The SMILES string of the molecule is O=C(c1cccc(F)c1)N1CC2(CC[C@H](CNc3ncccn3)CO2)C1. The van der Waals surface area contributed by atoms with Crippen LogP contribution in [0.3, 0.4) is 0 Å². The molecular weight excluding hydrogens is 335 g/mol. The normalized spacial score (nSPS) is 21.3. The van der Waals surface area contributed by atoms with Gasteiger partial charge in [-0.25, -0.2) is 14.4 Å². The van der Waals surface area contributed by atoms with E-state index < -0.39 is 5.82 Å². The minimum absolute atomic E-state index is 0.135. The summed E-state index contributed by atoms with van der Waals surface area (Å²) in [5.74, 6) is 0.502. The molecule has 4 rings (SSSR count). The van der Waals surface area contributed by atoms with Crippen molar-refractivity contribution in [2.24, 2.45) is 5.92 Å².